The molecule has 3 aromatic carbocycles. The molecule has 0 aromatic heterocycles. The van der Waals surface area contributed by atoms with Crippen molar-refractivity contribution in [3.63, 3.8) is 0 Å². The van der Waals surface area contributed by atoms with Gasteiger partial charge in [0.25, 0.3) is 0 Å². The smallest absolute Gasteiger partial charge is 0.238 e. The highest BCUT2D eigenvalue weighted by Gasteiger charge is 2.12. The zero-order valence-corrected chi connectivity index (χ0v) is 19.1. The molecule has 0 aliphatic carbocycles. The minimum Gasteiger partial charge on any atom is -0.455 e. The van der Waals surface area contributed by atoms with Crippen molar-refractivity contribution in [2.24, 2.45) is 5.14 Å². The average molecular weight is 530 g/mol. The summed E-state index contributed by atoms with van der Waals surface area (Å²) >= 11 is 15.6. The maximum atomic E-state index is 12.4. The highest BCUT2D eigenvalue weighted by atomic mass is 79.9. The summed E-state index contributed by atoms with van der Waals surface area (Å²) in [6.45, 7) is 0. The minimum atomic E-state index is -3.79. The minimum absolute atomic E-state index is 0.0350. The molecule has 0 saturated carbocycles. The number of primary sulfonamides is 1. The fourth-order valence-corrected chi connectivity index (χ4v) is 3.69. The molecule has 6 nitrogen and oxygen atoms in total. The molecule has 0 aliphatic rings. The number of nitrogens with one attached hydrogen (secondary N) is 1. The Morgan fingerprint density at radius 2 is 1.70 bits per heavy atom. The number of carbonyl (C=O) groups is 1. The summed E-state index contributed by atoms with van der Waals surface area (Å²) in [4.78, 5) is 12.3. The van der Waals surface area contributed by atoms with E-state index in [2.05, 4.69) is 21.2 Å². The van der Waals surface area contributed by atoms with Gasteiger partial charge in [0.15, 0.2) is 0 Å². The van der Waals surface area contributed by atoms with E-state index in [0.717, 1.165) is 0 Å². The van der Waals surface area contributed by atoms with E-state index in [9.17, 15) is 13.2 Å². The van der Waals surface area contributed by atoms with Crippen LogP contribution in [0.5, 0.6) is 11.5 Å². The van der Waals surface area contributed by atoms with Gasteiger partial charge in [0.1, 0.15) is 11.5 Å². The molecule has 0 aliphatic heterocycles. The fraction of sp³-hybridized carbons (Fsp3) is 0.0500. The van der Waals surface area contributed by atoms with Crippen molar-refractivity contribution in [1.29, 1.82) is 0 Å². The number of halogens is 3. The standard InChI is InChI=1S/C20H15BrCl2N2O4S/c21-16-7-2-13(22)11-18(16)29-19-9-12(1-8-17(19)23)10-20(26)25-14-3-5-15(6-4-14)30(24,27)28/h1-9,11H,10H2,(H,25,26)(H2,24,27,28). The molecule has 0 radical (unpaired) electrons. The molecular weight excluding hydrogens is 515 g/mol. The number of sulfonamides is 1. The Morgan fingerprint density at radius 1 is 1.00 bits per heavy atom. The van der Waals surface area contributed by atoms with Gasteiger partial charge in [0.05, 0.1) is 20.8 Å². The van der Waals surface area contributed by atoms with Gasteiger partial charge in [-0.25, -0.2) is 13.6 Å². The summed E-state index contributed by atoms with van der Waals surface area (Å²) in [5, 5.41) is 8.64. The van der Waals surface area contributed by atoms with Crippen molar-refractivity contribution < 1.29 is 17.9 Å². The van der Waals surface area contributed by atoms with E-state index in [-0.39, 0.29) is 17.2 Å². The number of ether oxygens (including phenoxy) is 1. The van der Waals surface area contributed by atoms with Gasteiger partial charge in [-0.05, 0) is 70.0 Å². The first kappa shape index (κ1) is 22.6. The number of benzene rings is 3. The Bertz CT molecular complexity index is 1200. The van der Waals surface area contributed by atoms with Crippen molar-refractivity contribution >= 4 is 60.7 Å². The van der Waals surface area contributed by atoms with Gasteiger partial charge >= 0.3 is 0 Å². The van der Waals surface area contributed by atoms with E-state index in [0.29, 0.717) is 37.3 Å². The number of hydrogen-bond donors (Lipinski definition) is 2. The van der Waals surface area contributed by atoms with E-state index >= 15 is 0 Å². The van der Waals surface area contributed by atoms with Crippen LogP contribution >= 0.6 is 39.1 Å². The van der Waals surface area contributed by atoms with Crippen LogP contribution in [-0.4, -0.2) is 14.3 Å². The first-order chi connectivity index (χ1) is 14.1. The summed E-state index contributed by atoms with van der Waals surface area (Å²) in [6.07, 6.45) is 0.0567. The topological polar surface area (TPSA) is 98.5 Å². The van der Waals surface area contributed by atoms with E-state index in [1.807, 2.05) is 0 Å². The highest BCUT2D eigenvalue weighted by Crippen LogP contribution is 2.36. The number of hydrogen-bond acceptors (Lipinski definition) is 4. The summed E-state index contributed by atoms with van der Waals surface area (Å²) in [7, 11) is -3.79. The van der Waals surface area contributed by atoms with E-state index in [1.165, 1.54) is 24.3 Å². The lowest BCUT2D eigenvalue weighted by molar-refractivity contribution is -0.115. The molecule has 0 bridgehead atoms. The predicted molar refractivity (Wildman–Crippen MR) is 121 cm³/mol. The Kier molecular flexibility index (Phi) is 7.05. The van der Waals surface area contributed by atoms with Gasteiger partial charge in [-0.2, -0.15) is 0 Å². The van der Waals surface area contributed by atoms with Crippen LogP contribution in [0.3, 0.4) is 0 Å². The molecule has 0 saturated heterocycles. The summed E-state index contributed by atoms with van der Waals surface area (Å²) < 4.78 is 29.1. The van der Waals surface area contributed by atoms with Crippen LogP contribution in [0, 0.1) is 0 Å². The predicted octanol–water partition coefficient (Wildman–Crippen LogP) is 5.38. The lowest BCUT2D eigenvalue weighted by Gasteiger charge is -2.12. The molecule has 0 spiro atoms. The van der Waals surface area contributed by atoms with Gasteiger partial charge in [-0.1, -0.05) is 29.3 Å². The second-order valence-corrected chi connectivity index (χ2v) is 9.50. The van der Waals surface area contributed by atoms with E-state index in [4.69, 9.17) is 33.1 Å². The van der Waals surface area contributed by atoms with E-state index in [1.54, 1.807) is 36.4 Å². The molecule has 0 fully saturated rings. The summed E-state index contributed by atoms with van der Waals surface area (Å²) in [5.41, 5.74) is 1.12. The van der Waals surface area contributed by atoms with Crippen LogP contribution in [0.25, 0.3) is 0 Å². The molecule has 3 rings (SSSR count). The first-order valence-corrected chi connectivity index (χ1v) is 11.6. The third kappa shape index (κ3) is 5.96. The monoisotopic (exact) mass is 528 g/mol. The highest BCUT2D eigenvalue weighted by molar-refractivity contribution is 9.10. The van der Waals surface area contributed by atoms with E-state index < -0.39 is 10.0 Å². The van der Waals surface area contributed by atoms with Gasteiger partial charge in [-0.3, -0.25) is 4.79 Å². The van der Waals surface area contributed by atoms with Gasteiger partial charge < -0.3 is 10.1 Å². The molecule has 10 heteroatoms. The van der Waals surface area contributed by atoms with Crippen molar-refractivity contribution in [3.8, 4) is 11.5 Å². The van der Waals surface area contributed by atoms with Crippen molar-refractivity contribution in [1.82, 2.24) is 0 Å². The maximum absolute atomic E-state index is 12.4. The average Bonchev–Trinajstić information content (AvgIpc) is 2.67. The number of anilines is 1. The number of amides is 1. The Hall–Kier alpha value is -2.10. The second kappa shape index (κ2) is 9.36. The molecule has 1 amide bonds. The van der Waals surface area contributed by atoms with Crippen LogP contribution in [0.1, 0.15) is 5.56 Å². The maximum Gasteiger partial charge on any atom is 0.238 e. The van der Waals surface area contributed by atoms with Crippen LogP contribution < -0.4 is 15.2 Å². The number of rotatable bonds is 6. The Labute approximate surface area is 192 Å². The molecular formula is C20H15BrCl2N2O4S. The quantitative estimate of drug-likeness (QED) is 0.448. The Balaban J connectivity index is 1.71. The first-order valence-electron chi connectivity index (χ1n) is 8.46. The van der Waals surface area contributed by atoms with Crippen LogP contribution in [0.4, 0.5) is 5.69 Å². The molecule has 3 aromatic rings. The van der Waals surface area contributed by atoms with Gasteiger partial charge in [-0.15, -0.1) is 0 Å². The molecule has 3 N–H and O–H groups in total. The largest absolute Gasteiger partial charge is 0.455 e. The van der Waals surface area contributed by atoms with Crippen LogP contribution in [-0.2, 0) is 21.2 Å². The summed E-state index contributed by atoms with van der Waals surface area (Å²) in [6, 6.07) is 15.7. The number of nitrogens with two attached hydrogens (primary N) is 1. The molecule has 0 atom stereocenters. The zero-order chi connectivity index (χ0) is 21.9. The van der Waals surface area contributed by atoms with Gasteiger partial charge in [0, 0.05) is 16.8 Å². The lowest BCUT2D eigenvalue weighted by atomic mass is 10.1. The third-order valence-corrected chi connectivity index (χ3v) is 6.07. The van der Waals surface area contributed by atoms with Crippen molar-refractivity contribution in [2.75, 3.05) is 5.32 Å². The van der Waals surface area contributed by atoms with Crippen LogP contribution in [0.15, 0.2) is 70.0 Å². The van der Waals surface area contributed by atoms with Crippen molar-refractivity contribution in [3.05, 3.63) is 80.7 Å². The Morgan fingerprint density at radius 3 is 2.37 bits per heavy atom. The van der Waals surface area contributed by atoms with Crippen LogP contribution in [0.2, 0.25) is 10.0 Å². The lowest BCUT2D eigenvalue weighted by Crippen LogP contribution is -2.15. The normalized spacial score (nSPS) is 11.2. The SMILES string of the molecule is NS(=O)(=O)c1ccc(NC(=O)Cc2ccc(Cl)c(Oc3cc(Cl)ccc3Br)c2)cc1. The molecule has 156 valence electrons. The zero-order valence-electron chi connectivity index (χ0n) is 15.2. The molecule has 0 heterocycles. The van der Waals surface area contributed by atoms with Gasteiger partial charge in [0.2, 0.25) is 15.9 Å². The number of carbonyl (C=O) groups excluding carboxylic acids is 1. The second-order valence-electron chi connectivity index (χ2n) is 6.24. The molecule has 30 heavy (non-hydrogen) atoms. The third-order valence-electron chi connectivity index (χ3n) is 3.94. The van der Waals surface area contributed by atoms with Crippen molar-refractivity contribution in [2.45, 2.75) is 11.3 Å². The fourth-order valence-electron chi connectivity index (χ4n) is 2.53. The molecule has 0 unspecified atom stereocenters. The summed E-state index contributed by atoms with van der Waals surface area (Å²) in [5.74, 6) is 0.568.